The van der Waals surface area contributed by atoms with Gasteiger partial charge >= 0.3 is 24.9 Å². The van der Waals surface area contributed by atoms with E-state index in [1.807, 2.05) is 0 Å². The highest BCUT2D eigenvalue weighted by Crippen LogP contribution is 2.29. The first kappa shape index (κ1) is 10.4. The minimum Gasteiger partial charge on any atom is -0.302 e. The van der Waals surface area contributed by atoms with E-state index < -0.39 is 24.9 Å². The average Bonchev–Trinajstić information content (AvgIpc) is 1.95. The summed E-state index contributed by atoms with van der Waals surface area (Å²) in [5.74, 6) is 0. The third kappa shape index (κ3) is 2.42. The second kappa shape index (κ2) is 3.25. The summed E-state index contributed by atoms with van der Waals surface area (Å²) in [7, 11) is -5.04. The number of nitrogens with zero attached hydrogens (tertiary/aromatic N) is 1. The summed E-state index contributed by atoms with van der Waals surface area (Å²) in [4.78, 5) is 51.6. The molecule has 0 atom stereocenters. The molecule has 4 N–H and O–H groups in total. The van der Waals surface area contributed by atoms with E-state index in [2.05, 4.69) is 4.62 Å². The molecular weight excluding hydrogens is 221 g/mol. The Kier molecular flexibility index (Phi) is 2.43. The van der Waals surface area contributed by atoms with E-state index in [4.69, 9.17) is 9.79 Å². The van der Waals surface area contributed by atoms with Crippen molar-refractivity contribution in [2.24, 2.45) is 0 Å². The van der Waals surface area contributed by atoms with Crippen LogP contribution in [0.25, 0.3) is 0 Å². The highest BCUT2D eigenvalue weighted by Gasteiger charge is 2.19. The van der Waals surface area contributed by atoms with E-state index in [0.29, 0.717) is 0 Å². The third-order valence-electron chi connectivity index (χ3n) is 0.998. The summed E-state index contributed by atoms with van der Waals surface area (Å²) < 4.78 is 13.6. The number of aromatic amines is 2. The molecule has 0 aliphatic heterocycles. The van der Waals surface area contributed by atoms with Gasteiger partial charge in [-0.25, -0.2) is 18.9 Å². The molecule has 0 aromatic carbocycles. The Balaban J connectivity index is 3.38. The summed E-state index contributed by atoms with van der Waals surface area (Å²) in [5, 5.41) is 0. The van der Waals surface area contributed by atoms with Gasteiger partial charge in [0, 0.05) is 0 Å². The fourth-order valence-corrected chi connectivity index (χ4v) is 0.961. The van der Waals surface area contributed by atoms with E-state index >= 15 is 0 Å². The summed E-state index contributed by atoms with van der Waals surface area (Å²) in [6, 6.07) is 0. The molecule has 14 heavy (non-hydrogen) atoms. The SMILES string of the molecule is O=c1[nH]c(=O)n(OP(=O)(O)O)c(=O)[nH]1. The Morgan fingerprint density at radius 3 is 1.93 bits per heavy atom. The molecule has 1 rings (SSSR count). The Bertz CT molecular complexity index is 510. The van der Waals surface area contributed by atoms with Crippen LogP contribution in [0, 0.1) is 0 Å². The Labute approximate surface area is 74.0 Å². The van der Waals surface area contributed by atoms with Crippen molar-refractivity contribution in [3.05, 3.63) is 31.5 Å². The first-order chi connectivity index (χ1) is 6.29. The summed E-state index contributed by atoms with van der Waals surface area (Å²) in [6.45, 7) is 0. The average molecular weight is 225 g/mol. The lowest BCUT2D eigenvalue weighted by atomic mass is 11.0. The standard InChI is InChI=1S/C3H4N3O7P/c7-1-4-2(8)6(3(9)5-1)13-14(10,11)12/h(H2,10,11,12)(H2,4,5,7,8,9). The van der Waals surface area contributed by atoms with Gasteiger partial charge < -0.3 is 4.62 Å². The van der Waals surface area contributed by atoms with Gasteiger partial charge in [0.05, 0.1) is 0 Å². The molecule has 0 bridgehead atoms. The molecule has 0 saturated heterocycles. The molecule has 0 aliphatic carbocycles. The van der Waals surface area contributed by atoms with Crippen LogP contribution < -0.4 is 21.7 Å². The maximum atomic E-state index is 10.8. The first-order valence-corrected chi connectivity index (χ1v) is 4.54. The maximum absolute atomic E-state index is 10.8. The number of hydrogen-bond donors (Lipinski definition) is 4. The zero-order valence-electron chi connectivity index (χ0n) is 6.33. The number of H-pyrrole nitrogens is 2. The van der Waals surface area contributed by atoms with Crippen molar-refractivity contribution < 1.29 is 19.0 Å². The normalized spacial score (nSPS) is 11.3. The van der Waals surface area contributed by atoms with Gasteiger partial charge in [-0.1, -0.05) is 4.73 Å². The highest BCUT2D eigenvalue weighted by atomic mass is 31.2. The van der Waals surface area contributed by atoms with Crippen LogP contribution in [0.15, 0.2) is 14.4 Å². The van der Waals surface area contributed by atoms with Crippen LogP contribution in [0.2, 0.25) is 0 Å². The second-order valence-corrected chi connectivity index (χ2v) is 3.20. The number of aromatic nitrogens is 3. The first-order valence-electron chi connectivity index (χ1n) is 3.01. The molecule has 0 radical (unpaired) electrons. The monoisotopic (exact) mass is 225 g/mol. The van der Waals surface area contributed by atoms with Gasteiger partial charge in [-0.05, 0) is 0 Å². The van der Waals surface area contributed by atoms with E-state index in [1.54, 1.807) is 0 Å². The molecule has 0 unspecified atom stereocenters. The van der Waals surface area contributed by atoms with E-state index in [-0.39, 0.29) is 4.73 Å². The second-order valence-electron chi connectivity index (χ2n) is 2.06. The smallest absolute Gasteiger partial charge is 0.302 e. The number of hydrogen-bond acceptors (Lipinski definition) is 5. The quantitative estimate of drug-likeness (QED) is 0.385. The minimum absolute atomic E-state index is 0.290. The van der Waals surface area contributed by atoms with Gasteiger partial charge in [0.2, 0.25) is 0 Å². The summed E-state index contributed by atoms with van der Waals surface area (Å²) >= 11 is 0. The largest absolute Gasteiger partial charge is 0.544 e. The van der Waals surface area contributed by atoms with Gasteiger partial charge in [0.25, 0.3) is 0 Å². The number of rotatable bonds is 2. The molecule has 0 fully saturated rings. The molecule has 0 saturated carbocycles. The van der Waals surface area contributed by atoms with Crippen LogP contribution in [0.5, 0.6) is 0 Å². The highest BCUT2D eigenvalue weighted by molar-refractivity contribution is 7.46. The molecule has 0 aliphatic rings. The molecule has 11 heteroatoms. The topological polar surface area (TPSA) is 154 Å². The van der Waals surface area contributed by atoms with E-state index in [0.717, 1.165) is 0 Å². The predicted octanol–water partition coefficient (Wildman–Crippen LogP) is -3.25. The van der Waals surface area contributed by atoms with Crippen molar-refractivity contribution in [3.63, 3.8) is 0 Å². The molecule has 0 spiro atoms. The molecule has 78 valence electrons. The Morgan fingerprint density at radius 2 is 1.57 bits per heavy atom. The lowest BCUT2D eigenvalue weighted by Gasteiger charge is -2.04. The zero-order chi connectivity index (χ0) is 10.9. The predicted molar refractivity (Wildman–Crippen MR) is 40.6 cm³/mol. The van der Waals surface area contributed by atoms with Crippen molar-refractivity contribution in [2.45, 2.75) is 0 Å². The van der Waals surface area contributed by atoms with Crippen LogP contribution in [-0.2, 0) is 4.57 Å². The summed E-state index contributed by atoms with van der Waals surface area (Å²) in [5.41, 5.74) is -3.88. The van der Waals surface area contributed by atoms with Gasteiger partial charge in [-0.3, -0.25) is 19.8 Å². The number of phosphoric acid groups is 1. The van der Waals surface area contributed by atoms with Crippen molar-refractivity contribution >= 4 is 7.82 Å². The molecular formula is C3H4N3O7P. The van der Waals surface area contributed by atoms with Crippen LogP contribution in [0.4, 0.5) is 0 Å². The van der Waals surface area contributed by atoms with Gasteiger partial charge in [-0.2, -0.15) is 0 Å². The van der Waals surface area contributed by atoms with Crippen LogP contribution in [-0.4, -0.2) is 24.5 Å². The van der Waals surface area contributed by atoms with Crippen LogP contribution in [0.1, 0.15) is 0 Å². The minimum atomic E-state index is -5.04. The molecule has 1 aromatic rings. The zero-order valence-corrected chi connectivity index (χ0v) is 7.22. The Morgan fingerprint density at radius 1 is 1.14 bits per heavy atom. The van der Waals surface area contributed by atoms with Crippen molar-refractivity contribution in [1.29, 1.82) is 0 Å². The van der Waals surface area contributed by atoms with E-state index in [1.165, 1.54) is 9.97 Å². The number of nitrogens with one attached hydrogen (secondary N) is 2. The van der Waals surface area contributed by atoms with Gasteiger partial charge in [0.1, 0.15) is 0 Å². The fraction of sp³-hybridized carbons (Fsp3) is 0. The van der Waals surface area contributed by atoms with Gasteiger partial charge in [-0.15, -0.1) is 0 Å². The fourth-order valence-electron chi connectivity index (χ4n) is 0.600. The Hall–Kier alpha value is -1.64. The van der Waals surface area contributed by atoms with Crippen molar-refractivity contribution in [1.82, 2.24) is 14.7 Å². The molecule has 1 aromatic heterocycles. The molecule has 0 amide bonds. The lowest BCUT2D eigenvalue weighted by molar-refractivity contribution is 0.158. The van der Waals surface area contributed by atoms with Crippen molar-refractivity contribution in [2.75, 3.05) is 0 Å². The van der Waals surface area contributed by atoms with Crippen molar-refractivity contribution in [3.8, 4) is 0 Å². The molecule has 1 heterocycles. The van der Waals surface area contributed by atoms with Crippen LogP contribution >= 0.6 is 7.82 Å². The maximum Gasteiger partial charge on any atom is 0.544 e. The van der Waals surface area contributed by atoms with E-state index in [9.17, 15) is 18.9 Å². The van der Waals surface area contributed by atoms with Gasteiger partial charge in [0.15, 0.2) is 0 Å². The third-order valence-corrected chi connectivity index (χ3v) is 1.37. The molecule has 10 nitrogen and oxygen atoms in total. The lowest BCUT2D eigenvalue weighted by Crippen LogP contribution is -2.45. The summed E-state index contributed by atoms with van der Waals surface area (Å²) in [6.07, 6.45) is 0. The van der Waals surface area contributed by atoms with Crippen LogP contribution in [0.3, 0.4) is 0 Å².